The van der Waals surface area contributed by atoms with Crippen molar-refractivity contribution in [2.24, 2.45) is 0 Å². The number of esters is 1. The van der Waals surface area contributed by atoms with Crippen LogP contribution in [-0.4, -0.2) is 30.6 Å². The Balaban J connectivity index is 2.20. The number of benzene rings is 1. The van der Waals surface area contributed by atoms with Crippen molar-refractivity contribution in [1.29, 1.82) is 0 Å². The summed E-state index contributed by atoms with van der Waals surface area (Å²) in [6, 6.07) is 10.0. The molecule has 0 saturated carbocycles. The number of hydrogen-bond acceptors (Lipinski definition) is 3. The SMILES string of the molecule is C=CC[C@H]1C(=O)OC[C@@H](c2ccccc2)N1C. The van der Waals surface area contributed by atoms with Crippen molar-refractivity contribution >= 4 is 5.97 Å². The third-order valence-corrected chi connectivity index (χ3v) is 3.21. The van der Waals surface area contributed by atoms with Crippen molar-refractivity contribution in [1.82, 2.24) is 4.90 Å². The minimum absolute atomic E-state index is 0.138. The molecule has 1 aromatic carbocycles. The van der Waals surface area contributed by atoms with E-state index in [0.717, 1.165) is 0 Å². The lowest BCUT2D eigenvalue weighted by atomic mass is 10.0. The molecule has 3 nitrogen and oxygen atoms in total. The molecule has 17 heavy (non-hydrogen) atoms. The fourth-order valence-corrected chi connectivity index (χ4v) is 2.19. The van der Waals surface area contributed by atoms with E-state index in [9.17, 15) is 4.79 Å². The highest BCUT2D eigenvalue weighted by Crippen LogP contribution is 2.27. The molecule has 0 aliphatic carbocycles. The maximum Gasteiger partial charge on any atom is 0.323 e. The van der Waals surface area contributed by atoms with E-state index >= 15 is 0 Å². The minimum atomic E-state index is -0.216. The van der Waals surface area contributed by atoms with E-state index in [0.29, 0.717) is 13.0 Å². The first kappa shape index (κ1) is 11.9. The smallest absolute Gasteiger partial charge is 0.323 e. The average Bonchev–Trinajstić information content (AvgIpc) is 2.36. The van der Waals surface area contributed by atoms with Crippen LogP contribution in [0.4, 0.5) is 0 Å². The third kappa shape index (κ3) is 2.39. The van der Waals surface area contributed by atoms with E-state index in [1.54, 1.807) is 6.08 Å². The van der Waals surface area contributed by atoms with E-state index in [4.69, 9.17) is 4.74 Å². The molecular formula is C14H17NO2. The quantitative estimate of drug-likeness (QED) is 0.589. The molecule has 0 N–H and O–H groups in total. The van der Waals surface area contributed by atoms with Crippen LogP contribution in [0.1, 0.15) is 18.0 Å². The van der Waals surface area contributed by atoms with Crippen LogP contribution in [0.15, 0.2) is 43.0 Å². The van der Waals surface area contributed by atoms with Gasteiger partial charge >= 0.3 is 5.97 Å². The van der Waals surface area contributed by atoms with Gasteiger partial charge < -0.3 is 4.74 Å². The van der Waals surface area contributed by atoms with Crippen LogP contribution < -0.4 is 0 Å². The Morgan fingerprint density at radius 2 is 2.18 bits per heavy atom. The van der Waals surface area contributed by atoms with E-state index < -0.39 is 0 Å². The molecule has 0 radical (unpaired) electrons. The number of nitrogens with zero attached hydrogens (tertiary/aromatic N) is 1. The predicted octanol–water partition coefficient (Wildman–Crippen LogP) is 2.16. The molecular weight excluding hydrogens is 214 g/mol. The Labute approximate surface area is 102 Å². The van der Waals surface area contributed by atoms with Gasteiger partial charge in [0.1, 0.15) is 12.6 Å². The van der Waals surface area contributed by atoms with E-state index in [1.165, 1.54) is 5.56 Å². The van der Waals surface area contributed by atoms with E-state index in [1.807, 2.05) is 25.2 Å². The van der Waals surface area contributed by atoms with Crippen molar-refractivity contribution in [3.8, 4) is 0 Å². The van der Waals surface area contributed by atoms with Crippen LogP contribution in [0.25, 0.3) is 0 Å². The lowest BCUT2D eigenvalue weighted by Crippen LogP contribution is -2.48. The molecule has 90 valence electrons. The second kappa shape index (κ2) is 5.15. The number of rotatable bonds is 3. The van der Waals surface area contributed by atoms with Gasteiger partial charge in [-0.05, 0) is 19.0 Å². The number of cyclic esters (lactones) is 1. The highest BCUT2D eigenvalue weighted by molar-refractivity contribution is 5.76. The normalized spacial score (nSPS) is 25.4. The van der Waals surface area contributed by atoms with E-state index in [2.05, 4.69) is 23.6 Å². The first-order valence-corrected chi connectivity index (χ1v) is 5.78. The lowest BCUT2D eigenvalue weighted by Gasteiger charge is -2.37. The van der Waals surface area contributed by atoms with Crippen molar-refractivity contribution in [2.45, 2.75) is 18.5 Å². The van der Waals surface area contributed by atoms with Gasteiger partial charge in [0.25, 0.3) is 0 Å². The van der Waals surface area contributed by atoms with Crippen LogP contribution in [0.2, 0.25) is 0 Å². The number of morpholine rings is 1. The summed E-state index contributed by atoms with van der Waals surface area (Å²) >= 11 is 0. The van der Waals surface area contributed by atoms with Gasteiger partial charge in [0, 0.05) is 0 Å². The Morgan fingerprint density at radius 3 is 2.82 bits per heavy atom. The minimum Gasteiger partial charge on any atom is -0.462 e. The number of likely N-dealkylation sites (N-methyl/N-ethyl adjacent to an activating group) is 1. The number of carbonyl (C=O) groups excluding carboxylic acids is 1. The summed E-state index contributed by atoms with van der Waals surface area (Å²) in [6.45, 7) is 4.11. The van der Waals surface area contributed by atoms with Gasteiger partial charge in [0.05, 0.1) is 6.04 Å². The molecule has 0 unspecified atom stereocenters. The largest absolute Gasteiger partial charge is 0.462 e. The van der Waals surface area contributed by atoms with E-state index in [-0.39, 0.29) is 18.1 Å². The predicted molar refractivity (Wildman–Crippen MR) is 66.5 cm³/mol. The zero-order chi connectivity index (χ0) is 12.3. The Hall–Kier alpha value is -1.61. The Bertz CT molecular complexity index is 402. The maximum atomic E-state index is 11.7. The Kier molecular flexibility index (Phi) is 3.59. The third-order valence-electron chi connectivity index (χ3n) is 3.21. The van der Waals surface area contributed by atoms with Gasteiger partial charge in [-0.1, -0.05) is 36.4 Å². The molecule has 2 rings (SSSR count). The zero-order valence-corrected chi connectivity index (χ0v) is 10.0. The summed E-state index contributed by atoms with van der Waals surface area (Å²) in [5.74, 6) is -0.153. The summed E-state index contributed by atoms with van der Waals surface area (Å²) in [4.78, 5) is 13.7. The van der Waals surface area contributed by atoms with Crippen LogP contribution in [0, 0.1) is 0 Å². The molecule has 0 amide bonds. The summed E-state index contributed by atoms with van der Waals surface area (Å²) in [5, 5.41) is 0. The van der Waals surface area contributed by atoms with Gasteiger partial charge in [-0.3, -0.25) is 9.69 Å². The monoisotopic (exact) mass is 231 g/mol. The molecule has 0 spiro atoms. The Morgan fingerprint density at radius 1 is 1.47 bits per heavy atom. The van der Waals surface area contributed by atoms with Crippen LogP contribution >= 0.6 is 0 Å². The molecule has 1 fully saturated rings. The molecule has 1 aliphatic rings. The first-order chi connectivity index (χ1) is 8.24. The number of carbonyl (C=O) groups is 1. The van der Waals surface area contributed by atoms with Gasteiger partial charge in [0.15, 0.2) is 0 Å². The summed E-state index contributed by atoms with van der Waals surface area (Å²) in [7, 11) is 1.96. The summed E-state index contributed by atoms with van der Waals surface area (Å²) < 4.78 is 5.25. The summed E-state index contributed by atoms with van der Waals surface area (Å²) in [6.07, 6.45) is 2.38. The molecule has 1 saturated heterocycles. The van der Waals surface area contributed by atoms with Crippen molar-refractivity contribution in [3.05, 3.63) is 48.6 Å². The molecule has 1 aromatic rings. The van der Waals surface area contributed by atoms with Crippen molar-refractivity contribution in [2.75, 3.05) is 13.7 Å². The number of ether oxygens (including phenoxy) is 1. The zero-order valence-electron chi connectivity index (χ0n) is 10.0. The highest BCUT2D eigenvalue weighted by atomic mass is 16.5. The molecule has 1 aliphatic heterocycles. The van der Waals surface area contributed by atoms with Gasteiger partial charge in [-0.15, -0.1) is 6.58 Å². The van der Waals surface area contributed by atoms with Gasteiger partial charge in [-0.25, -0.2) is 0 Å². The standard InChI is InChI=1S/C14H17NO2/c1-3-7-12-14(16)17-10-13(15(12)2)11-8-5-4-6-9-11/h3-6,8-9,12-13H,1,7,10H2,2H3/t12-,13-/m0/s1. The van der Waals surface area contributed by atoms with Gasteiger partial charge in [-0.2, -0.15) is 0 Å². The molecule has 3 heteroatoms. The second-order valence-electron chi connectivity index (χ2n) is 4.26. The number of hydrogen-bond donors (Lipinski definition) is 0. The highest BCUT2D eigenvalue weighted by Gasteiger charge is 2.35. The fraction of sp³-hybridized carbons (Fsp3) is 0.357. The van der Waals surface area contributed by atoms with Crippen LogP contribution in [-0.2, 0) is 9.53 Å². The topological polar surface area (TPSA) is 29.5 Å². The van der Waals surface area contributed by atoms with Crippen molar-refractivity contribution < 1.29 is 9.53 Å². The van der Waals surface area contributed by atoms with Crippen molar-refractivity contribution in [3.63, 3.8) is 0 Å². The fourth-order valence-electron chi connectivity index (χ4n) is 2.19. The van der Waals surface area contributed by atoms with Crippen LogP contribution in [0.5, 0.6) is 0 Å². The van der Waals surface area contributed by atoms with Crippen LogP contribution in [0.3, 0.4) is 0 Å². The molecule has 2 atom stereocenters. The van der Waals surface area contributed by atoms with Gasteiger partial charge in [0.2, 0.25) is 0 Å². The molecule has 1 heterocycles. The molecule has 0 aromatic heterocycles. The molecule has 0 bridgehead atoms. The maximum absolute atomic E-state index is 11.7. The summed E-state index contributed by atoms with van der Waals surface area (Å²) in [5.41, 5.74) is 1.18. The first-order valence-electron chi connectivity index (χ1n) is 5.78. The lowest BCUT2D eigenvalue weighted by molar-refractivity contribution is -0.161. The second-order valence-corrected chi connectivity index (χ2v) is 4.26. The average molecular weight is 231 g/mol.